The summed E-state index contributed by atoms with van der Waals surface area (Å²) in [6.45, 7) is 1.53. The maximum absolute atomic E-state index is 6.49. The van der Waals surface area contributed by atoms with Crippen LogP contribution in [0.4, 0.5) is 0 Å². The van der Waals surface area contributed by atoms with Crippen LogP contribution >= 0.6 is 0 Å². The third-order valence-corrected chi connectivity index (χ3v) is 3.71. The lowest BCUT2D eigenvalue weighted by Crippen LogP contribution is -2.42. The van der Waals surface area contributed by atoms with Crippen LogP contribution in [0.3, 0.4) is 0 Å². The fourth-order valence-corrected chi connectivity index (χ4v) is 2.52. The van der Waals surface area contributed by atoms with E-state index in [1.165, 1.54) is 16.3 Å². The predicted octanol–water partition coefficient (Wildman–Crippen LogP) is 2.80. The van der Waals surface area contributed by atoms with Gasteiger partial charge in [0.05, 0.1) is 0 Å². The number of fused-ring (bicyclic) bond motifs is 1. The van der Waals surface area contributed by atoms with E-state index in [2.05, 4.69) is 42.5 Å². The van der Waals surface area contributed by atoms with E-state index in [0.717, 1.165) is 26.1 Å². The van der Waals surface area contributed by atoms with Gasteiger partial charge >= 0.3 is 0 Å². The van der Waals surface area contributed by atoms with Crippen molar-refractivity contribution in [1.29, 1.82) is 0 Å². The van der Waals surface area contributed by atoms with Crippen LogP contribution in [0.1, 0.15) is 18.4 Å². The molecule has 3 rings (SSSR count). The molecule has 0 atom stereocenters. The molecule has 17 heavy (non-hydrogen) atoms. The summed E-state index contributed by atoms with van der Waals surface area (Å²) >= 11 is 0. The van der Waals surface area contributed by atoms with Crippen molar-refractivity contribution in [3.63, 3.8) is 0 Å². The molecule has 2 aromatic rings. The Labute approximate surface area is 101 Å². The standard InChI is InChI=1S/C15H17NO/c16-15(7-9-17-10-8-15)14-6-5-12-3-1-2-4-13(12)11-14/h1-6,11H,7-10,16H2. The molecular formula is C15H17NO. The summed E-state index contributed by atoms with van der Waals surface area (Å²) in [5, 5.41) is 2.54. The Morgan fingerprint density at radius 3 is 2.41 bits per heavy atom. The lowest BCUT2D eigenvalue weighted by molar-refractivity contribution is 0.0523. The van der Waals surface area contributed by atoms with Crippen molar-refractivity contribution in [2.24, 2.45) is 5.73 Å². The van der Waals surface area contributed by atoms with Crippen LogP contribution in [0.5, 0.6) is 0 Å². The topological polar surface area (TPSA) is 35.2 Å². The molecule has 0 amide bonds. The number of hydrogen-bond acceptors (Lipinski definition) is 2. The molecule has 1 fully saturated rings. The van der Waals surface area contributed by atoms with E-state index >= 15 is 0 Å². The molecular weight excluding hydrogens is 210 g/mol. The van der Waals surface area contributed by atoms with Crippen LogP contribution < -0.4 is 5.73 Å². The van der Waals surface area contributed by atoms with Crippen molar-refractivity contribution >= 4 is 10.8 Å². The highest BCUT2D eigenvalue weighted by Crippen LogP contribution is 2.31. The maximum Gasteiger partial charge on any atom is 0.0486 e. The van der Waals surface area contributed by atoms with E-state index in [-0.39, 0.29) is 5.54 Å². The van der Waals surface area contributed by atoms with Gasteiger partial charge in [-0.25, -0.2) is 0 Å². The Balaban J connectivity index is 2.05. The molecule has 1 aliphatic heterocycles. The summed E-state index contributed by atoms with van der Waals surface area (Å²) in [6, 6.07) is 14.9. The van der Waals surface area contributed by atoms with Crippen molar-refractivity contribution in [2.75, 3.05) is 13.2 Å². The Morgan fingerprint density at radius 2 is 1.65 bits per heavy atom. The number of hydrogen-bond donors (Lipinski definition) is 1. The molecule has 0 saturated carbocycles. The summed E-state index contributed by atoms with van der Waals surface area (Å²) in [5.41, 5.74) is 7.52. The Hall–Kier alpha value is -1.38. The van der Waals surface area contributed by atoms with Gasteiger partial charge in [0.1, 0.15) is 0 Å². The van der Waals surface area contributed by atoms with Crippen molar-refractivity contribution in [3.8, 4) is 0 Å². The van der Waals surface area contributed by atoms with Gasteiger partial charge in [-0.05, 0) is 35.2 Å². The van der Waals surface area contributed by atoms with Gasteiger partial charge in [0.15, 0.2) is 0 Å². The van der Waals surface area contributed by atoms with Gasteiger partial charge in [-0.2, -0.15) is 0 Å². The molecule has 0 spiro atoms. The Bertz CT molecular complexity index is 529. The van der Waals surface area contributed by atoms with Crippen molar-refractivity contribution in [1.82, 2.24) is 0 Å². The highest BCUT2D eigenvalue weighted by Gasteiger charge is 2.29. The highest BCUT2D eigenvalue weighted by molar-refractivity contribution is 5.83. The minimum Gasteiger partial charge on any atom is -0.381 e. The minimum absolute atomic E-state index is 0.206. The number of rotatable bonds is 1. The predicted molar refractivity (Wildman–Crippen MR) is 69.9 cm³/mol. The third kappa shape index (κ3) is 1.94. The van der Waals surface area contributed by atoms with Crippen molar-refractivity contribution in [2.45, 2.75) is 18.4 Å². The number of ether oxygens (including phenoxy) is 1. The molecule has 2 N–H and O–H groups in total. The number of benzene rings is 2. The molecule has 0 bridgehead atoms. The molecule has 2 heteroatoms. The molecule has 0 unspecified atom stereocenters. The SMILES string of the molecule is NC1(c2ccc3ccccc3c2)CCOCC1. The van der Waals surface area contributed by atoms with Crippen LogP contribution in [0, 0.1) is 0 Å². The first kappa shape index (κ1) is 10.8. The summed E-state index contributed by atoms with van der Waals surface area (Å²) in [6.07, 6.45) is 1.82. The maximum atomic E-state index is 6.49. The molecule has 1 saturated heterocycles. The van der Waals surface area contributed by atoms with E-state index in [1.54, 1.807) is 0 Å². The summed E-state index contributed by atoms with van der Waals surface area (Å²) < 4.78 is 5.39. The van der Waals surface area contributed by atoms with E-state index in [0.29, 0.717) is 0 Å². The van der Waals surface area contributed by atoms with Gasteiger partial charge in [-0.1, -0.05) is 36.4 Å². The lowest BCUT2D eigenvalue weighted by atomic mass is 9.83. The third-order valence-electron chi connectivity index (χ3n) is 3.71. The summed E-state index contributed by atoms with van der Waals surface area (Å²) in [7, 11) is 0. The second kappa shape index (κ2) is 4.13. The van der Waals surface area contributed by atoms with Gasteiger partial charge in [-0.3, -0.25) is 0 Å². The summed E-state index contributed by atoms with van der Waals surface area (Å²) in [4.78, 5) is 0. The Kier molecular flexibility index (Phi) is 2.61. The first-order valence-electron chi connectivity index (χ1n) is 6.14. The minimum atomic E-state index is -0.206. The molecule has 88 valence electrons. The van der Waals surface area contributed by atoms with Gasteiger partial charge < -0.3 is 10.5 Å². The van der Waals surface area contributed by atoms with Crippen LogP contribution in [-0.4, -0.2) is 13.2 Å². The quantitative estimate of drug-likeness (QED) is 0.813. The van der Waals surface area contributed by atoms with Crippen LogP contribution in [0.25, 0.3) is 10.8 Å². The fraction of sp³-hybridized carbons (Fsp3) is 0.333. The molecule has 1 heterocycles. The second-order valence-electron chi connectivity index (χ2n) is 4.83. The zero-order chi connectivity index (χ0) is 11.7. The van der Waals surface area contributed by atoms with Gasteiger partial charge in [0.2, 0.25) is 0 Å². The molecule has 1 aliphatic rings. The first-order chi connectivity index (χ1) is 8.28. The van der Waals surface area contributed by atoms with E-state index in [9.17, 15) is 0 Å². The van der Waals surface area contributed by atoms with Gasteiger partial charge in [0, 0.05) is 18.8 Å². The Morgan fingerprint density at radius 1 is 0.941 bits per heavy atom. The van der Waals surface area contributed by atoms with E-state index < -0.39 is 0 Å². The second-order valence-corrected chi connectivity index (χ2v) is 4.83. The van der Waals surface area contributed by atoms with Gasteiger partial charge in [0.25, 0.3) is 0 Å². The van der Waals surface area contributed by atoms with Crippen LogP contribution in [0.15, 0.2) is 42.5 Å². The molecule has 0 aliphatic carbocycles. The van der Waals surface area contributed by atoms with Crippen molar-refractivity contribution in [3.05, 3.63) is 48.0 Å². The van der Waals surface area contributed by atoms with Crippen molar-refractivity contribution < 1.29 is 4.74 Å². The zero-order valence-corrected chi connectivity index (χ0v) is 9.86. The zero-order valence-electron chi connectivity index (χ0n) is 9.86. The fourth-order valence-electron chi connectivity index (χ4n) is 2.52. The smallest absolute Gasteiger partial charge is 0.0486 e. The first-order valence-corrected chi connectivity index (χ1v) is 6.14. The normalized spacial score (nSPS) is 19.4. The average Bonchev–Trinajstić information content (AvgIpc) is 2.39. The highest BCUT2D eigenvalue weighted by atomic mass is 16.5. The lowest BCUT2D eigenvalue weighted by Gasteiger charge is -2.34. The average molecular weight is 227 g/mol. The van der Waals surface area contributed by atoms with E-state index in [4.69, 9.17) is 10.5 Å². The van der Waals surface area contributed by atoms with Gasteiger partial charge in [-0.15, -0.1) is 0 Å². The molecule has 0 aromatic heterocycles. The number of nitrogens with two attached hydrogens (primary N) is 1. The summed E-state index contributed by atoms with van der Waals surface area (Å²) in [5.74, 6) is 0. The molecule has 0 radical (unpaired) electrons. The molecule has 2 aromatic carbocycles. The van der Waals surface area contributed by atoms with Crippen LogP contribution in [0.2, 0.25) is 0 Å². The largest absolute Gasteiger partial charge is 0.381 e. The monoisotopic (exact) mass is 227 g/mol. The van der Waals surface area contributed by atoms with E-state index in [1.807, 2.05) is 0 Å². The molecule has 2 nitrogen and oxygen atoms in total. The van der Waals surface area contributed by atoms with Crippen LogP contribution in [-0.2, 0) is 10.3 Å².